The first-order chi connectivity index (χ1) is 30.1. The molecule has 3 nitrogen and oxygen atoms in total. The molecular formula is C58H53BN3S. The minimum absolute atomic E-state index is 0.0510. The third kappa shape index (κ3) is 5.74. The predicted octanol–water partition coefficient (Wildman–Crippen LogP) is 14.4. The van der Waals surface area contributed by atoms with Crippen LogP contribution in [-0.2, 0) is 21.7 Å². The summed E-state index contributed by atoms with van der Waals surface area (Å²) in [5.41, 5.74) is 23.0. The van der Waals surface area contributed by atoms with Crippen LogP contribution in [0.25, 0.3) is 70.5 Å². The molecule has 1 N–H and O–H groups in total. The standard InChI is InChI=1S/C58H53BN3S/c1-55(2,3)34-19-21-35(22-20-34)60-47-30-45-44(56(4,5)25-26-57(45,6)7)27-40(47)37-23-24-38-41-28-43-39(36-17-13-14-18-42(36)58(43,8)9)29-49(41)62-50-32-51-48(31-46(50)59-52(37)53(38)62)61-54(63-51)33-15-11-10-12-16-33/h10-24,27-32,60H,25-26H2,1-9H3. The Balaban J connectivity index is 1.14. The van der Waals surface area contributed by atoms with Crippen LogP contribution in [0.2, 0.25) is 0 Å². The first-order valence-electron chi connectivity index (χ1n) is 22.7. The van der Waals surface area contributed by atoms with Gasteiger partial charge in [0.2, 0.25) is 0 Å². The van der Waals surface area contributed by atoms with E-state index in [9.17, 15) is 0 Å². The van der Waals surface area contributed by atoms with Gasteiger partial charge < -0.3 is 9.88 Å². The molecule has 7 aromatic carbocycles. The van der Waals surface area contributed by atoms with Crippen molar-refractivity contribution >= 4 is 72.9 Å². The summed E-state index contributed by atoms with van der Waals surface area (Å²) in [5, 5.41) is 7.65. The van der Waals surface area contributed by atoms with Crippen molar-refractivity contribution in [3.63, 3.8) is 0 Å². The lowest BCUT2D eigenvalue weighted by atomic mass is 9.58. The summed E-state index contributed by atoms with van der Waals surface area (Å²) in [6.07, 6.45) is 2.32. The Labute approximate surface area is 376 Å². The average molecular weight is 835 g/mol. The number of aromatic nitrogens is 2. The van der Waals surface area contributed by atoms with Gasteiger partial charge in [0, 0.05) is 49.9 Å². The highest BCUT2D eigenvalue weighted by atomic mass is 32.1. The second-order valence-corrected chi connectivity index (χ2v) is 22.4. The molecule has 12 rings (SSSR count). The predicted molar refractivity (Wildman–Crippen MR) is 271 cm³/mol. The van der Waals surface area contributed by atoms with E-state index in [1.807, 2.05) is 0 Å². The number of thiazole rings is 1. The van der Waals surface area contributed by atoms with Crippen molar-refractivity contribution < 1.29 is 0 Å². The molecule has 0 unspecified atom stereocenters. The highest BCUT2D eigenvalue weighted by molar-refractivity contribution is 7.21. The summed E-state index contributed by atoms with van der Waals surface area (Å²) in [5.74, 6) is 0. The van der Waals surface area contributed by atoms with Gasteiger partial charge >= 0.3 is 0 Å². The van der Waals surface area contributed by atoms with Crippen LogP contribution in [0.3, 0.4) is 0 Å². The molecule has 5 heteroatoms. The number of anilines is 2. The molecule has 0 spiro atoms. The number of hydrogen-bond acceptors (Lipinski definition) is 3. The smallest absolute Gasteiger partial charge is 0.198 e. The lowest BCUT2D eigenvalue weighted by molar-refractivity contribution is 0.332. The zero-order valence-corrected chi connectivity index (χ0v) is 38.7. The second-order valence-electron chi connectivity index (χ2n) is 21.4. The van der Waals surface area contributed by atoms with Gasteiger partial charge in [-0.25, -0.2) is 4.98 Å². The van der Waals surface area contributed by atoms with E-state index in [4.69, 9.17) is 4.98 Å². The Hall–Kier alpha value is -5.91. The SMILES string of the molecule is CC(C)(C)c1ccc(Nc2cc3c(cc2-c2ccc4c5cc6c(cc5n5c4c2[B]c2cc4nc(-c7ccccc7)sc4cc2-5)-c2ccccc2C6(C)C)C(C)(C)CCC3(C)C)cc1. The maximum absolute atomic E-state index is 5.25. The van der Waals surface area contributed by atoms with E-state index < -0.39 is 0 Å². The fourth-order valence-electron chi connectivity index (χ4n) is 11.3. The van der Waals surface area contributed by atoms with E-state index in [1.54, 1.807) is 11.3 Å². The highest BCUT2D eigenvalue weighted by Crippen LogP contribution is 2.53. The molecule has 2 aromatic heterocycles. The molecule has 0 amide bonds. The van der Waals surface area contributed by atoms with Crippen molar-refractivity contribution in [3.05, 3.63) is 155 Å². The van der Waals surface area contributed by atoms with Gasteiger partial charge in [-0.3, -0.25) is 0 Å². The van der Waals surface area contributed by atoms with Gasteiger partial charge in [-0.15, -0.1) is 11.3 Å². The van der Waals surface area contributed by atoms with Gasteiger partial charge in [0.1, 0.15) is 5.01 Å². The monoisotopic (exact) mass is 834 g/mol. The van der Waals surface area contributed by atoms with Crippen molar-refractivity contribution in [2.75, 3.05) is 5.32 Å². The van der Waals surface area contributed by atoms with E-state index in [-0.39, 0.29) is 21.7 Å². The Morgan fingerprint density at radius 1 is 0.635 bits per heavy atom. The molecule has 1 radical (unpaired) electrons. The van der Waals surface area contributed by atoms with Crippen LogP contribution in [0.1, 0.15) is 103 Å². The van der Waals surface area contributed by atoms with Crippen LogP contribution < -0.4 is 16.2 Å². The van der Waals surface area contributed by atoms with Gasteiger partial charge in [-0.2, -0.15) is 0 Å². The number of hydrogen-bond donors (Lipinski definition) is 1. The molecule has 3 heterocycles. The lowest BCUT2D eigenvalue weighted by Crippen LogP contribution is -2.37. The molecule has 3 aliphatic rings. The van der Waals surface area contributed by atoms with Gasteiger partial charge in [0.25, 0.3) is 0 Å². The maximum atomic E-state index is 5.25. The minimum Gasteiger partial charge on any atom is -0.355 e. The third-order valence-corrected chi connectivity index (χ3v) is 16.1. The summed E-state index contributed by atoms with van der Waals surface area (Å²) in [7, 11) is 2.47. The molecular weight excluding hydrogens is 782 g/mol. The zero-order valence-electron chi connectivity index (χ0n) is 37.9. The molecule has 63 heavy (non-hydrogen) atoms. The van der Waals surface area contributed by atoms with E-state index in [0.29, 0.717) is 0 Å². The molecule has 0 saturated heterocycles. The highest BCUT2D eigenvalue weighted by Gasteiger charge is 2.40. The van der Waals surface area contributed by atoms with Crippen molar-refractivity contribution in [1.29, 1.82) is 0 Å². The maximum Gasteiger partial charge on any atom is 0.198 e. The summed E-state index contributed by atoms with van der Waals surface area (Å²) in [6.45, 7) is 21.4. The molecule has 9 aromatic rings. The molecule has 2 aliphatic carbocycles. The molecule has 0 bridgehead atoms. The number of nitrogens with one attached hydrogen (secondary N) is 1. The first-order valence-corrected chi connectivity index (χ1v) is 23.6. The fourth-order valence-corrected chi connectivity index (χ4v) is 12.2. The van der Waals surface area contributed by atoms with Crippen LogP contribution >= 0.6 is 11.3 Å². The van der Waals surface area contributed by atoms with E-state index in [1.165, 1.54) is 93.2 Å². The summed E-state index contributed by atoms with van der Waals surface area (Å²) in [4.78, 5) is 5.25. The lowest BCUT2D eigenvalue weighted by Gasteiger charge is -2.42. The van der Waals surface area contributed by atoms with Crippen molar-refractivity contribution in [3.8, 4) is 38.5 Å². The molecule has 309 valence electrons. The Kier molecular flexibility index (Phi) is 8.04. The molecule has 0 fully saturated rings. The van der Waals surface area contributed by atoms with Crippen molar-refractivity contribution in [1.82, 2.24) is 9.55 Å². The molecule has 0 saturated carbocycles. The zero-order chi connectivity index (χ0) is 43.4. The van der Waals surface area contributed by atoms with E-state index >= 15 is 0 Å². The van der Waals surface area contributed by atoms with E-state index in [0.717, 1.165) is 40.3 Å². The Morgan fingerprint density at radius 2 is 1.35 bits per heavy atom. The Morgan fingerprint density at radius 3 is 2.10 bits per heavy atom. The van der Waals surface area contributed by atoms with Gasteiger partial charge in [-0.1, -0.05) is 147 Å². The fraction of sp³-hybridized carbons (Fsp3) is 0.259. The third-order valence-electron chi connectivity index (χ3n) is 15.1. The largest absolute Gasteiger partial charge is 0.355 e. The average Bonchev–Trinajstić information content (AvgIpc) is 3.90. The second kappa shape index (κ2) is 13.1. The summed E-state index contributed by atoms with van der Waals surface area (Å²) in [6, 6.07) is 48.4. The van der Waals surface area contributed by atoms with Crippen LogP contribution in [0.5, 0.6) is 0 Å². The summed E-state index contributed by atoms with van der Waals surface area (Å²) >= 11 is 1.78. The first kappa shape index (κ1) is 38.7. The van der Waals surface area contributed by atoms with Crippen molar-refractivity contribution in [2.45, 2.75) is 96.8 Å². The minimum atomic E-state index is -0.0977. The van der Waals surface area contributed by atoms with Crippen LogP contribution in [-0.4, -0.2) is 16.8 Å². The normalized spacial score (nSPS) is 16.4. The number of fused-ring (bicyclic) bond motifs is 10. The van der Waals surface area contributed by atoms with Crippen molar-refractivity contribution in [2.24, 2.45) is 0 Å². The number of nitrogens with zero attached hydrogens (tertiary/aromatic N) is 2. The summed E-state index contributed by atoms with van der Waals surface area (Å²) < 4.78 is 3.80. The molecule has 0 atom stereocenters. The quantitative estimate of drug-likeness (QED) is 0.179. The van der Waals surface area contributed by atoms with E-state index in [2.05, 4.69) is 207 Å². The topological polar surface area (TPSA) is 29.9 Å². The Bertz CT molecular complexity index is 3390. The van der Waals surface area contributed by atoms with Crippen LogP contribution in [0, 0.1) is 0 Å². The molecule has 1 aliphatic heterocycles. The number of rotatable bonds is 4. The van der Waals surface area contributed by atoms with Crippen LogP contribution in [0.15, 0.2) is 127 Å². The van der Waals surface area contributed by atoms with Gasteiger partial charge in [0.05, 0.1) is 15.7 Å². The van der Waals surface area contributed by atoms with Gasteiger partial charge in [0.15, 0.2) is 7.28 Å². The number of benzene rings is 7. The van der Waals surface area contributed by atoms with Crippen LogP contribution in [0.4, 0.5) is 11.4 Å². The van der Waals surface area contributed by atoms with Gasteiger partial charge in [-0.05, 0) is 128 Å².